The van der Waals surface area contributed by atoms with E-state index in [1.165, 1.54) is 19.3 Å². The molecule has 2 aliphatic rings. The maximum Gasteiger partial charge on any atom is -0.0321 e. The zero-order valence-electron chi connectivity index (χ0n) is 7.35. The first kappa shape index (κ1) is 6.69. The molecule has 0 aromatic carbocycles. The van der Waals surface area contributed by atoms with Crippen molar-refractivity contribution in [1.29, 1.82) is 0 Å². The highest BCUT2D eigenvalue weighted by Crippen LogP contribution is 2.58. The van der Waals surface area contributed by atoms with E-state index >= 15 is 0 Å². The topological polar surface area (TPSA) is 0 Å². The van der Waals surface area contributed by atoms with E-state index in [1.54, 1.807) is 0 Å². The Morgan fingerprint density at radius 1 is 1.20 bits per heavy atom. The van der Waals surface area contributed by atoms with Gasteiger partial charge >= 0.3 is 0 Å². The van der Waals surface area contributed by atoms with E-state index in [1.807, 2.05) is 0 Å². The van der Waals surface area contributed by atoms with Gasteiger partial charge in [-0.05, 0) is 42.4 Å². The summed E-state index contributed by atoms with van der Waals surface area (Å²) in [6.07, 6.45) is 4.53. The SMILES string of the molecule is CC1C2CCC1C(C)(C)C2. The second kappa shape index (κ2) is 1.78. The zero-order chi connectivity index (χ0) is 7.35. The Morgan fingerprint density at radius 3 is 2.10 bits per heavy atom. The lowest BCUT2D eigenvalue weighted by Crippen LogP contribution is -2.20. The number of hydrogen-bond donors (Lipinski definition) is 0. The summed E-state index contributed by atoms with van der Waals surface area (Å²) in [4.78, 5) is 0. The van der Waals surface area contributed by atoms with Gasteiger partial charge in [-0.25, -0.2) is 0 Å². The molecule has 2 saturated carbocycles. The Hall–Kier alpha value is 0. The Kier molecular flexibility index (Phi) is 1.19. The van der Waals surface area contributed by atoms with Crippen LogP contribution < -0.4 is 0 Å². The highest BCUT2D eigenvalue weighted by molar-refractivity contribution is 4.99. The van der Waals surface area contributed by atoms with Crippen LogP contribution in [0.3, 0.4) is 0 Å². The molecule has 0 aromatic rings. The molecule has 3 unspecified atom stereocenters. The molecular formula is C10H18. The molecule has 2 rings (SSSR count). The largest absolute Gasteiger partial charge is 0.0620 e. The van der Waals surface area contributed by atoms with E-state index in [2.05, 4.69) is 20.8 Å². The molecule has 0 N–H and O–H groups in total. The van der Waals surface area contributed by atoms with Gasteiger partial charge < -0.3 is 0 Å². The summed E-state index contributed by atoms with van der Waals surface area (Å²) in [6, 6.07) is 0. The summed E-state index contributed by atoms with van der Waals surface area (Å²) in [7, 11) is 0. The highest BCUT2D eigenvalue weighted by atomic mass is 14.5. The molecule has 58 valence electrons. The van der Waals surface area contributed by atoms with Gasteiger partial charge in [0.15, 0.2) is 0 Å². The zero-order valence-corrected chi connectivity index (χ0v) is 7.35. The Morgan fingerprint density at radius 2 is 1.90 bits per heavy atom. The van der Waals surface area contributed by atoms with Crippen LogP contribution >= 0.6 is 0 Å². The quantitative estimate of drug-likeness (QED) is 0.482. The van der Waals surface area contributed by atoms with Crippen molar-refractivity contribution < 1.29 is 0 Å². The van der Waals surface area contributed by atoms with Crippen molar-refractivity contribution in [3.63, 3.8) is 0 Å². The lowest BCUT2D eigenvalue weighted by atomic mass is 9.76. The van der Waals surface area contributed by atoms with Crippen LogP contribution in [0.25, 0.3) is 0 Å². The fourth-order valence-electron chi connectivity index (χ4n) is 3.47. The van der Waals surface area contributed by atoms with Gasteiger partial charge in [-0.1, -0.05) is 20.8 Å². The molecule has 0 saturated heterocycles. The summed E-state index contributed by atoms with van der Waals surface area (Å²) in [5.74, 6) is 3.17. The van der Waals surface area contributed by atoms with Crippen molar-refractivity contribution >= 4 is 0 Å². The van der Waals surface area contributed by atoms with Crippen molar-refractivity contribution in [2.45, 2.75) is 40.0 Å². The summed E-state index contributed by atoms with van der Waals surface area (Å²) < 4.78 is 0. The van der Waals surface area contributed by atoms with E-state index in [4.69, 9.17) is 0 Å². The van der Waals surface area contributed by atoms with Crippen LogP contribution in [0.1, 0.15) is 40.0 Å². The van der Waals surface area contributed by atoms with Gasteiger partial charge in [0.05, 0.1) is 0 Å². The second-order valence-electron chi connectivity index (χ2n) is 5.00. The second-order valence-corrected chi connectivity index (χ2v) is 5.00. The number of hydrogen-bond acceptors (Lipinski definition) is 0. The third kappa shape index (κ3) is 0.681. The monoisotopic (exact) mass is 138 g/mol. The third-order valence-corrected chi connectivity index (χ3v) is 4.02. The van der Waals surface area contributed by atoms with E-state index in [-0.39, 0.29) is 0 Å². The van der Waals surface area contributed by atoms with Gasteiger partial charge in [-0.3, -0.25) is 0 Å². The lowest BCUT2D eigenvalue weighted by Gasteiger charge is -2.29. The standard InChI is InChI=1S/C10H18/c1-7-8-4-5-9(7)10(2,3)6-8/h7-9H,4-6H2,1-3H3. The Balaban J connectivity index is 2.24. The van der Waals surface area contributed by atoms with Crippen molar-refractivity contribution in [3.05, 3.63) is 0 Å². The molecule has 0 heterocycles. The number of fused-ring (bicyclic) bond motifs is 2. The van der Waals surface area contributed by atoms with Gasteiger partial charge in [0.1, 0.15) is 0 Å². The van der Waals surface area contributed by atoms with Gasteiger partial charge in [-0.2, -0.15) is 0 Å². The minimum Gasteiger partial charge on any atom is -0.0620 e. The summed E-state index contributed by atoms with van der Waals surface area (Å²) in [6.45, 7) is 7.36. The van der Waals surface area contributed by atoms with Crippen LogP contribution in [-0.4, -0.2) is 0 Å². The minimum atomic E-state index is 0.683. The van der Waals surface area contributed by atoms with Crippen LogP contribution in [0.4, 0.5) is 0 Å². The van der Waals surface area contributed by atoms with Crippen molar-refractivity contribution in [3.8, 4) is 0 Å². The molecule has 0 amide bonds. The van der Waals surface area contributed by atoms with Gasteiger partial charge in [0.25, 0.3) is 0 Å². The van der Waals surface area contributed by atoms with Crippen molar-refractivity contribution in [2.75, 3.05) is 0 Å². The van der Waals surface area contributed by atoms with E-state index in [0.717, 1.165) is 17.8 Å². The average Bonchev–Trinajstić information content (AvgIpc) is 2.21. The van der Waals surface area contributed by atoms with E-state index in [0.29, 0.717) is 5.41 Å². The molecule has 2 aliphatic carbocycles. The van der Waals surface area contributed by atoms with Gasteiger partial charge in [-0.15, -0.1) is 0 Å². The van der Waals surface area contributed by atoms with E-state index < -0.39 is 0 Å². The molecule has 2 bridgehead atoms. The normalized spacial score (nSPS) is 50.1. The Bertz CT molecular complexity index is 146. The maximum atomic E-state index is 2.46. The predicted octanol–water partition coefficient (Wildman–Crippen LogP) is 3.08. The first-order valence-corrected chi connectivity index (χ1v) is 4.61. The first-order chi connectivity index (χ1) is 4.61. The smallest absolute Gasteiger partial charge is 0.0321 e. The third-order valence-electron chi connectivity index (χ3n) is 4.02. The van der Waals surface area contributed by atoms with Crippen molar-refractivity contribution in [2.24, 2.45) is 23.2 Å². The molecule has 0 nitrogen and oxygen atoms in total. The van der Waals surface area contributed by atoms with Crippen molar-refractivity contribution in [1.82, 2.24) is 0 Å². The highest BCUT2D eigenvalue weighted by Gasteiger charge is 2.49. The van der Waals surface area contributed by atoms with Gasteiger partial charge in [0, 0.05) is 0 Å². The van der Waals surface area contributed by atoms with Crippen LogP contribution in [0.2, 0.25) is 0 Å². The lowest BCUT2D eigenvalue weighted by molar-refractivity contribution is 0.208. The molecule has 10 heavy (non-hydrogen) atoms. The Labute approximate surface area is 64.0 Å². The molecule has 0 aliphatic heterocycles. The number of rotatable bonds is 0. The molecule has 0 radical (unpaired) electrons. The maximum absolute atomic E-state index is 2.46. The van der Waals surface area contributed by atoms with Crippen LogP contribution in [0.5, 0.6) is 0 Å². The molecule has 3 atom stereocenters. The molecule has 2 fully saturated rings. The minimum absolute atomic E-state index is 0.683. The fraction of sp³-hybridized carbons (Fsp3) is 1.00. The molecule has 0 heteroatoms. The molecule has 0 aromatic heterocycles. The van der Waals surface area contributed by atoms with Crippen LogP contribution in [0.15, 0.2) is 0 Å². The average molecular weight is 138 g/mol. The predicted molar refractivity (Wildman–Crippen MR) is 43.8 cm³/mol. The summed E-state index contributed by atoms with van der Waals surface area (Å²) >= 11 is 0. The van der Waals surface area contributed by atoms with Crippen LogP contribution in [-0.2, 0) is 0 Å². The summed E-state index contributed by atoms with van der Waals surface area (Å²) in [5.41, 5.74) is 0.683. The molecule has 0 spiro atoms. The first-order valence-electron chi connectivity index (χ1n) is 4.61. The van der Waals surface area contributed by atoms with E-state index in [9.17, 15) is 0 Å². The fourth-order valence-corrected chi connectivity index (χ4v) is 3.47. The van der Waals surface area contributed by atoms with Gasteiger partial charge in [0.2, 0.25) is 0 Å². The van der Waals surface area contributed by atoms with Crippen LogP contribution in [0, 0.1) is 23.2 Å². The molecular weight excluding hydrogens is 120 g/mol. The summed E-state index contributed by atoms with van der Waals surface area (Å²) in [5, 5.41) is 0.